The zero-order chi connectivity index (χ0) is 13.1. The summed E-state index contributed by atoms with van der Waals surface area (Å²) >= 11 is 0. The second-order valence-electron chi connectivity index (χ2n) is 4.78. The van der Waals surface area contributed by atoms with E-state index in [1.54, 1.807) is 4.90 Å². The summed E-state index contributed by atoms with van der Waals surface area (Å²) in [6.07, 6.45) is 2.21. The summed E-state index contributed by atoms with van der Waals surface area (Å²) in [5.41, 5.74) is 0.467. The Hall–Kier alpha value is -1.49. The van der Waals surface area contributed by atoms with Crippen LogP contribution in [0.5, 0.6) is 0 Å². The van der Waals surface area contributed by atoms with Gasteiger partial charge >= 0.3 is 5.97 Å². The zero-order valence-electron chi connectivity index (χ0n) is 9.90. The van der Waals surface area contributed by atoms with E-state index >= 15 is 0 Å². The number of hydrogen-bond acceptors (Lipinski definition) is 2. The predicted octanol–water partition coefficient (Wildman–Crippen LogP) is 2.26. The fraction of sp³-hybridized carbons (Fsp3) is 0.462. The van der Waals surface area contributed by atoms with Crippen molar-refractivity contribution in [2.75, 3.05) is 13.1 Å². The number of carboxylic acids is 1. The van der Waals surface area contributed by atoms with Crippen molar-refractivity contribution in [1.29, 1.82) is 0 Å². The first-order valence-electron chi connectivity index (χ1n) is 5.92. The molecule has 0 radical (unpaired) electrons. The number of benzene rings is 1. The van der Waals surface area contributed by atoms with Gasteiger partial charge in [-0.1, -0.05) is 0 Å². The summed E-state index contributed by atoms with van der Waals surface area (Å²) in [5, 5.41) is 8.81. The molecule has 0 spiro atoms. The zero-order valence-corrected chi connectivity index (χ0v) is 9.90. The molecule has 1 fully saturated rings. The van der Waals surface area contributed by atoms with Crippen LogP contribution in [-0.4, -0.2) is 29.1 Å². The lowest BCUT2D eigenvalue weighted by Gasteiger charge is -2.20. The maximum absolute atomic E-state index is 13.0. The van der Waals surface area contributed by atoms with Crippen LogP contribution < -0.4 is 0 Å². The van der Waals surface area contributed by atoms with Gasteiger partial charge in [0.15, 0.2) is 0 Å². The van der Waals surface area contributed by atoms with Gasteiger partial charge in [-0.3, -0.25) is 9.69 Å². The molecular formula is C13H15F2NO2. The lowest BCUT2D eigenvalue weighted by Crippen LogP contribution is -2.31. The number of carboxylic acid groups (broad SMARTS) is 1. The van der Waals surface area contributed by atoms with Crippen molar-refractivity contribution in [3.8, 4) is 0 Å². The van der Waals surface area contributed by atoms with Gasteiger partial charge in [-0.25, -0.2) is 8.78 Å². The summed E-state index contributed by atoms with van der Waals surface area (Å²) in [6, 6.07) is 3.29. The van der Waals surface area contributed by atoms with Crippen LogP contribution in [0, 0.1) is 17.6 Å². The van der Waals surface area contributed by atoms with Gasteiger partial charge in [-0.15, -0.1) is 0 Å². The Kier molecular flexibility index (Phi) is 3.91. The van der Waals surface area contributed by atoms with Gasteiger partial charge in [0.1, 0.15) is 11.6 Å². The second-order valence-corrected chi connectivity index (χ2v) is 4.78. The molecule has 18 heavy (non-hydrogen) atoms. The van der Waals surface area contributed by atoms with Gasteiger partial charge in [0.2, 0.25) is 0 Å². The Bertz CT molecular complexity index is 426. The molecule has 98 valence electrons. The molecule has 2 rings (SSSR count). The van der Waals surface area contributed by atoms with E-state index in [1.807, 2.05) is 0 Å². The van der Waals surface area contributed by atoms with Gasteiger partial charge in [0, 0.05) is 19.2 Å². The quantitative estimate of drug-likeness (QED) is 0.847. The van der Waals surface area contributed by atoms with Gasteiger partial charge in [-0.2, -0.15) is 0 Å². The summed E-state index contributed by atoms with van der Waals surface area (Å²) in [7, 11) is 0. The molecule has 1 aromatic rings. The van der Waals surface area contributed by atoms with E-state index in [-0.39, 0.29) is 13.1 Å². The molecule has 0 heterocycles. The fourth-order valence-corrected chi connectivity index (χ4v) is 2.00. The van der Waals surface area contributed by atoms with Crippen LogP contribution in [0.4, 0.5) is 8.78 Å². The van der Waals surface area contributed by atoms with Gasteiger partial charge in [0.25, 0.3) is 0 Å². The monoisotopic (exact) mass is 255 g/mol. The molecule has 1 aliphatic rings. The maximum Gasteiger partial charge on any atom is 0.317 e. The van der Waals surface area contributed by atoms with Crippen LogP contribution >= 0.6 is 0 Å². The predicted molar refractivity (Wildman–Crippen MR) is 62.0 cm³/mol. The Morgan fingerprint density at radius 1 is 1.28 bits per heavy atom. The summed E-state index contributed by atoms with van der Waals surface area (Å²) in [6.45, 7) is 0.830. The SMILES string of the molecule is O=C(O)CN(Cc1cc(F)cc(F)c1)CC1CC1. The minimum absolute atomic E-state index is 0.103. The van der Waals surface area contributed by atoms with Gasteiger partial charge in [0.05, 0.1) is 6.54 Å². The minimum Gasteiger partial charge on any atom is -0.480 e. The fourth-order valence-electron chi connectivity index (χ4n) is 2.00. The molecule has 0 saturated heterocycles. The van der Waals surface area contributed by atoms with Crippen molar-refractivity contribution in [2.45, 2.75) is 19.4 Å². The Morgan fingerprint density at radius 2 is 1.89 bits per heavy atom. The molecule has 1 aromatic carbocycles. The van der Waals surface area contributed by atoms with Crippen molar-refractivity contribution in [3.05, 3.63) is 35.4 Å². The molecule has 1 saturated carbocycles. The highest BCUT2D eigenvalue weighted by Gasteiger charge is 2.25. The van der Waals surface area contributed by atoms with E-state index in [2.05, 4.69) is 0 Å². The van der Waals surface area contributed by atoms with Crippen LogP contribution in [0.15, 0.2) is 18.2 Å². The Morgan fingerprint density at radius 3 is 2.39 bits per heavy atom. The van der Waals surface area contributed by atoms with E-state index in [9.17, 15) is 13.6 Å². The third kappa shape index (κ3) is 4.07. The number of nitrogens with zero attached hydrogens (tertiary/aromatic N) is 1. The van der Waals surface area contributed by atoms with Gasteiger partial charge < -0.3 is 5.11 Å². The molecule has 1 aliphatic carbocycles. The van der Waals surface area contributed by atoms with Crippen molar-refractivity contribution >= 4 is 5.97 Å². The molecule has 1 N–H and O–H groups in total. The van der Waals surface area contributed by atoms with Crippen LogP contribution in [0.3, 0.4) is 0 Å². The number of carbonyl (C=O) groups is 1. The minimum atomic E-state index is -0.924. The highest BCUT2D eigenvalue weighted by atomic mass is 19.1. The lowest BCUT2D eigenvalue weighted by atomic mass is 10.2. The van der Waals surface area contributed by atoms with E-state index in [1.165, 1.54) is 12.1 Å². The van der Waals surface area contributed by atoms with E-state index in [4.69, 9.17) is 5.11 Å². The molecule has 0 bridgehead atoms. The van der Waals surface area contributed by atoms with Crippen molar-refractivity contribution in [1.82, 2.24) is 4.90 Å². The number of aliphatic carboxylic acids is 1. The third-order valence-corrected chi connectivity index (χ3v) is 2.90. The first-order chi connectivity index (χ1) is 8.52. The topological polar surface area (TPSA) is 40.5 Å². The molecule has 3 nitrogen and oxygen atoms in total. The molecular weight excluding hydrogens is 240 g/mol. The van der Waals surface area contributed by atoms with E-state index < -0.39 is 17.6 Å². The summed E-state index contributed by atoms with van der Waals surface area (Å²) < 4.78 is 26.1. The molecule has 0 aliphatic heterocycles. The molecule has 0 amide bonds. The largest absolute Gasteiger partial charge is 0.480 e. The average molecular weight is 255 g/mol. The highest BCUT2D eigenvalue weighted by molar-refractivity contribution is 5.69. The third-order valence-electron chi connectivity index (χ3n) is 2.90. The van der Waals surface area contributed by atoms with E-state index in [0.717, 1.165) is 18.9 Å². The normalized spacial score (nSPS) is 15.1. The van der Waals surface area contributed by atoms with Crippen LogP contribution in [0.25, 0.3) is 0 Å². The Labute approximate surface area is 104 Å². The summed E-state index contributed by atoms with van der Waals surface area (Å²) in [4.78, 5) is 12.5. The first kappa shape index (κ1) is 13.0. The molecule has 0 aromatic heterocycles. The molecule has 0 atom stereocenters. The molecule has 0 unspecified atom stereocenters. The van der Waals surface area contributed by atoms with E-state index in [0.29, 0.717) is 18.0 Å². The number of rotatable bonds is 6. The molecule has 5 heteroatoms. The summed E-state index contributed by atoms with van der Waals surface area (Å²) in [5.74, 6) is -1.66. The van der Waals surface area contributed by atoms with Crippen molar-refractivity contribution in [3.63, 3.8) is 0 Å². The maximum atomic E-state index is 13.0. The number of hydrogen-bond donors (Lipinski definition) is 1. The van der Waals surface area contributed by atoms with Crippen molar-refractivity contribution < 1.29 is 18.7 Å². The van der Waals surface area contributed by atoms with Gasteiger partial charge in [-0.05, 0) is 36.5 Å². The van der Waals surface area contributed by atoms with Crippen LogP contribution in [-0.2, 0) is 11.3 Å². The Balaban J connectivity index is 2.03. The van der Waals surface area contributed by atoms with Crippen molar-refractivity contribution in [2.24, 2.45) is 5.92 Å². The first-order valence-corrected chi connectivity index (χ1v) is 5.92. The average Bonchev–Trinajstić information content (AvgIpc) is 2.98. The smallest absolute Gasteiger partial charge is 0.317 e. The van der Waals surface area contributed by atoms with Crippen LogP contribution in [0.1, 0.15) is 18.4 Å². The second kappa shape index (κ2) is 5.44. The van der Waals surface area contributed by atoms with Crippen LogP contribution in [0.2, 0.25) is 0 Å². The lowest BCUT2D eigenvalue weighted by molar-refractivity contribution is -0.138. The standard InChI is InChI=1S/C13H15F2NO2/c14-11-3-10(4-12(15)5-11)7-16(8-13(17)18)6-9-1-2-9/h3-5,9H,1-2,6-8H2,(H,17,18). The number of halogens is 2. The highest BCUT2D eigenvalue weighted by Crippen LogP contribution is 2.30.